The summed E-state index contributed by atoms with van der Waals surface area (Å²) in [4.78, 5) is 1.11. The van der Waals surface area contributed by atoms with Crippen molar-refractivity contribution in [2.45, 2.75) is 37.1 Å². The van der Waals surface area contributed by atoms with E-state index in [0.717, 1.165) is 21.8 Å². The van der Waals surface area contributed by atoms with E-state index in [1.807, 2.05) is 74.0 Å². The maximum Gasteiger partial charge on any atom is 0.132 e. The van der Waals surface area contributed by atoms with Crippen molar-refractivity contribution in [3.63, 3.8) is 0 Å². The number of nitrogens with zero attached hydrogens (tertiary/aromatic N) is 2. The Morgan fingerprint density at radius 1 is 0.958 bits per heavy atom. The Bertz CT molecular complexity index is 796. The Kier molecular flexibility index (Phi) is 5.07. The van der Waals surface area contributed by atoms with Gasteiger partial charge in [-0.2, -0.15) is 5.10 Å². The summed E-state index contributed by atoms with van der Waals surface area (Å²) >= 11 is 1.63. The Morgan fingerprint density at radius 2 is 1.62 bits per heavy atom. The second-order valence-corrected chi connectivity index (χ2v) is 7.24. The summed E-state index contributed by atoms with van der Waals surface area (Å²) in [5.41, 5.74) is 4.10. The molecule has 1 heterocycles. The minimum absolute atomic E-state index is 0.219. The standard InChI is InChI=1S/C20H22N2OS/c1-14-9-11-17(12-10-14)19(23)20(22-16(3)13-15(2)21-22)24-18-7-5-4-6-8-18/h4-13,19-20,23H,1-3H3. The fourth-order valence-electron chi connectivity index (χ4n) is 2.72. The van der Waals surface area contributed by atoms with E-state index in [1.165, 1.54) is 5.56 Å². The molecule has 24 heavy (non-hydrogen) atoms. The van der Waals surface area contributed by atoms with E-state index >= 15 is 0 Å². The molecule has 1 N–H and O–H groups in total. The third-order valence-corrected chi connectivity index (χ3v) is 5.22. The largest absolute Gasteiger partial charge is 0.385 e. The van der Waals surface area contributed by atoms with Gasteiger partial charge in [0, 0.05) is 10.6 Å². The van der Waals surface area contributed by atoms with Crippen molar-refractivity contribution in [2.24, 2.45) is 0 Å². The zero-order chi connectivity index (χ0) is 17.1. The van der Waals surface area contributed by atoms with Gasteiger partial charge in [0.15, 0.2) is 0 Å². The summed E-state index contributed by atoms with van der Waals surface area (Å²) in [6.07, 6.45) is -0.645. The minimum atomic E-state index is -0.645. The van der Waals surface area contributed by atoms with Gasteiger partial charge in [0.2, 0.25) is 0 Å². The lowest BCUT2D eigenvalue weighted by Crippen LogP contribution is -2.17. The Morgan fingerprint density at radius 3 is 2.21 bits per heavy atom. The average Bonchev–Trinajstić information content (AvgIpc) is 2.92. The van der Waals surface area contributed by atoms with Gasteiger partial charge in [-0.25, -0.2) is 0 Å². The van der Waals surface area contributed by atoms with E-state index in [2.05, 4.69) is 17.2 Å². The van der Waals surface area contributed by atoms with Crippen molar-refractivity contribution in [1.82, 2.24) is 9.78 Å². The molecule has 124 valence electrons. The van der Waals surface area contributed by atoms with Gasteiger partial charge in [0.1, 0.15) is 11.5 Å². The summed E-state index contributed by atoms with van der Waals surface area (Å²) < 4.78 is 1.93. The summed E-state index contributed by atoms with van der Waals surface area (Å²) in [6, 6.07) is 20.2. The zero-order valence-corrected chi connectivity index (χ0v) is 15.0. The SMILES string of the molecule is Cc1ccc(C(O)C(Sc2ccccc2)n2nc(C)cc2C)cc1. The number of rotatable bonds is 5. The number of hydrogen-bond donors (Lipinski definition) is 1. The highest BCUT2D eigenvalue weighted by atomic mass is 32.2. The van der Waals surface area contributed by atoms with Crippen LogP contribution >= 0.6 is 11.8 Å². The van der Waals surface area contributed by atoms with Crippen molar-refractivity contribution in [3.8, 4) is 0 Å². The summed E-state index contributed by atoms with van der Waals surface area (Å²) in [5, 5.41) is 15.4. The second-order valence-electron chi connectivity index (χ2n) is 6.05. The van der Waals surface area contributed by atoms with Crippen molar-refractivity contribution in [3.05, 3.63) is 83.2 Å². The fourth-order valence-corrected chi connectivity index (χ4v) is 3.91. The van der Waals surface area contributed by atoms with Crippen LogP contribution in [0.5, 0.6) is 0 Å². The number of aliphatic hydroxyl groups excluding tert-OH is 1. The van der Waals surface area contributed by atoms with Crippen LogP contribution < -0.4 is 0 Å². The molecule has 4 heteroatoms. The van der Waals surface area contributed by atoms with E-state index in [1.54, 1.807) is 11.8 Å². The summed E-state index contributed by atoms with van der Waals surface area (Å²) in [6.45, 7) is 6.06. The molecule has 0 saturated heterocycles. The monoisotopic (exact) mass is 338 g/mol. The first-order valence-electron chi connectivity index (χ1n) is 8.03. The Balaban J connectivity index is 1.97. The molecular formula is C20H22N2OS. The van der Waals surface area contributed by atoms with Crippen molar-refractivity contribution in [1.29, 1.82) is 0 Å². The number of aromatic nitrogens is 2. The molecule has 2 unspecified atom stereocenters. The van der Waals surface area contributed by atoms with E-state index in [0.29, 0.717) is 0 Å². The number of hydrogen-bond acceptors (Lipinski definition) is 3. The van der Waals surface area contributed by atoms with Crippen molar-refractivity contribution < 1.29 is 5.11 Å². The molecule has 3 rings (SSSR count). The lowest BCUT2D eigenvalue weighted by molar-refractivity contribution is 0.145. The molecule has 2 aromatic carbocycles. The van der Waals surface area contributed by atoms with Crippen LogP contribution in [0.15, 0.2) is 65.6 Å². The molecule has 0 amide bonds. The molecule has 1 aromatic heterocycles. The summed E-state index contributed by atoms with van der Waals surface area (Å²) in [5.74, 6) is 0. The fraction of sp³-hybridized carbons (Fsp3) is 0.250. The van der Waals surface area contributed by atoms with Gasteiger partial charge in [-0.1, -0.05) is 59.8 Å². The first kappa shape index (κ1) is 16.8. The normalized spacial score (nSPS) is 13.7. The van der Waals surface area contributed by atoms with Gasteiger partial charge in [-0.05, 0) is 44.5 Å². The van der Waals surface area contributed by atoms with E-state index < -0.39 is 6.10 Å². The topological polar surface area (TPSA) is 38.0 Å². The van der Waals surface area contributed by atoms with Crippen LogP contribution in [0.25, 0.3) is 0 Å². The molecule has 0 saturated carbocycles. The van der Waals surface area contributed by atoms with Crippen LogP contribution in [0.3, 0.4) is 0 Å². The first-order valence-corrected chi connectivity index (χ1v) is 8.91. The van der Waals surface area contributed by atoms with Crippen LogP contribution in [-0.4, -0.2) is 14.9 Å². The van der Waals surface area contributed by atoms with Crippen molar-refractivity contribution >= 4 is 11.8 Å². The van der Waals surface area contributed by atoms with Gasteiger partial charge >= 0.3 is 0 Å². The Hall–Kier alpha value is -2.04. The molecule has 0 radical (unpaired) electrons. The smallest absolute Gasteiger partial charge is 0.132 e. The zero-order valence-electron chi connectivity index (χ0n) is 14.2. The molecular weight excluding hydrogens is 316 g/mol. The van der Waals surface area contributed by atoms with E-state index in [9.17, 15) is 5.11 Å². The van der Waals surface area contributed by atoms with Crippen LogP contribution in [0, 0.1) is 20.8 Å². The third kappa shape index (κ3) is 3.71. The van der Waals surface area contributed by atoms with Gasteiger partial charge in [-0.15, -0.1) is 0 Å². The second kappa shape index (κ2) is 7.24. The molecule has 2 atom stereocenters. The van der Waals surface area contributed by atoms with E-state index in [-0.39, 0.29) is 5.37 Å². The lowest BCUT2D eigenvalue weighted by Gasteiger charge is -2.25. The number of aliphatic hydroxyl groups is 1. The van der Waals surface area contributed by atoms with Crippen molar-refractivity contribution in [2.75, 3.05) is 0 Å². The predicted octanol–water partition coefficient (Wildman–Crippen LogP) is 4.83. The number of aryl methyl sites for hydroxylation is 3. The Labute approximate surface area is 147 Å². The van der Waals surface area contributed by atoms with E-state index in [4.69, 9.17) is 0 Å². The molecule has 3 aromatic rings. The van der Waals surface area contributed by atoms with Gasteiger partial charge in [-0.3, -0.25) is 4.68 Å². The summed E-state index contributed by atoms with van der Waals surface area (Å²) in [7, 11) is 0. The first-order chi connectivity index (χ1) is 11.5. The molecule has 0 fully saturated rings. The third-order valence-electron chi connectivity index (χ3n) is 3.97. The van der Waals surface area contributed by atoms with Crippen LogP contribution in [0.1, 0.15) is 34.0 Å². The van der Waals surface area contributed by atoms with Gasteiger partial charge in [0.05, 0.1) is 5.69 Å². The molecule has 0 spiro atoms. The van der Waals surface area contributed by atoms with Crippen LogP contribution in [0.4, 0.5) is 0 Å². The van der Waals surface area contributed by atoms with Gasteiger partial charge < -0.3 is 5.11 Å². The highest BCUT2D eigenvalue weighted by molar-refractivity contribution is 7.99. The highest BCUT2D eigenvalue weighted by Crippen LogP contribution is 2.40. The number of benzene rings is 2. The molecule has 0 bridgehead atoms. The molecule has 0 aliphatic heterocycles. The minimum Gasteiger partial charge on any atom is -0.385 e. The highest BCUT2D eigenvalue weighted by Gasteiger charge is 2.26. The van der Waals surface area contributed by atoms with Crippen LogP contribution in [0.2, 0.25) is 0 Å². The average molecular weight is 338 g/mol. The number of thioether (sulfide) groups is 1. The predicted molar refractivity (Wildman–Crippen MR) is 99.2 cm³/mol. The lowest BCUT2D eigenvalue weighted by atomic mass is 10.1. The maximum atomic E-state index is 11.0. The molecule has 3 nitrogen and oxygen atoms in total. The van der Waals surface area contributed by atoms with Gasteiger partial charge in [0.25, 0.3) is 0 Å². The maximum absolute atomic E-state index is 11.0. The quantitative estimate of drug-likeness (QED) is 0.677. The molecule has 0 aliphatic carbocycles. The van der Waals surface area contributed by atoms with Crippen LogP contribution in [-0.2, 0) is 0 Å². The molecule has 0 aliphatic rings.